The first-order valence-corrected chi connectivity index (χ1v) is 6.66. The lowest BCUT2D eigenvalue weighted by Gasteiger charge is -2.25. The summed E-state index contributed by atoms with van der Waals surface area (Å²) in [6, 6.07) is 3.98. The molecule has 0 spiro atoms. The molecule has 2 atom stereocenters. The highest BCUT2D eigenvalue weighted by Gasteiger charge is 2.31. The third-order valence-electron chi connectivity index (χ3n) is 3.31. The number of ether oxygens (including phenoxy) is 1. The van der Waals surface area contributed by atoms with E-state index in [0.29, 0.717) is 18.7 Å². The van der Waals surface area contributed by atoms with Crippen molar-refractivity contribution >= 4 is 5.91 Å². The molecule has 2 unspecified atom stereocenters. The van der Waals surface area contributed by atoms with Gasteiger partial charge >= 0.3 is 6.18 Å². The minimum Gasteiger partial charge on any atom is -0.378 e. The number of hydrogen-bond donors (Lipinski definition) is 2. The van der Waals surface area contributed by atoms with E-state index in [1.165, 1.54) is 6.07 Å². The van der Waals surface area contributed by atoms with E-state index in [9.17, 15) is 18.0 Å². The summed E-state index contributed by atoms with van der Waals surface area (Å²) in [7, 11) is 0. The summed E-state index contributed by atoms with van der Waals surface area (Å²) in [5, 5.41) is 5.69. The van der Waals surface area contributed by atoms with Crippen LogP contribution in [0.1, 0.15) is 24.1 Å². The zero-order chi connectivity index (χ0) is 15.5. The summed E-state index contributed by atoms with van der Waals surface area (Å²) in [5.41, 5.74) is -0.310. The van der Waals surface area contributed by atoms with Crippen LogP contribution >= 0.6 is 0 Å². The van der Waals surface area contributed by atoms with Gasteiger partial charge in [0.2, 0.25) is 5.91 Å². The van der Waals surface area contributed by atoms with Crippen molar-refractivity contribution in [1.82, 2.24) is 10.6 Å². The molecule has 116 valence electrons. The molecule has 2 N–H and O–H groups in total. The molecule has 0 aromatic heterocycles. The molecule has 21 heavy (non-hydrogen) atoms. The van der Waals surface area contributed by atoms with Gasteiger partial charge in [0.25, 0.3) is 0 Å². The number of hydrogen-bond acceptors (Lipinski definition) is 3. The lowest BCUT2D eigenvalue weighted by molar-refractivity contribution is -0.137. The van der Waals surface area contributed by atoms with E-state index in [1.807, 2.05) is 0 Å². The van der Waals surface area contributed by atoms with Crippen LogP contribution in [-0.4, -0.2) is 31.7 Å². The number of amides is 1. The van der Waals surface area contributed by atoms with Gasteiger partial charge in [-0.15, -0.1) is 0 Å². The summed E-state index contributed by atoms with van der Waals surface area (Å²) in [5.74, 6) is -0.278. The van der Waals surface area contributed by atoms with E-state index in [4.69, 9.17) is 4.74 Å². The predicted molar refractivity (Wildman–Crippen MR) is 70.6 cm³/mol. The lowest BCUT2D eigenvalue weighted by Crippen LogP contribution is -2.51. The van der Waals surface area contributed by atoms with Crippen LogP contribution in [0.25, 0.3) is 0 Å². The number of alkyl halides is 3. The second-order valence-electron chi connectivity index (χ2n) is 4.94. The molecule has 1 amide bonds. The quantitative estimate of drug-likeness (QED) is 0.896. The summed E-state index contributed by atoms with van der Waals surface area (Å²) < 4.78 is 43.2. The van der Waals surface area contributed by atoms with E-state index < -0.39 is 23.8 Å². The maximum absolute atomic E-state index is 12.7. The van der Waals surface area contributed by atoms with Crippen LogP contribution in [0.15, 0.2) is 24.3 Å². The van der Waals surface area contributed by atoms with Gasteiger partial charge in [-0.1, -0.05) is 12.1 Å². The smallest absolute Gasteiger partial charge is 0.378 e. The first kappa shape index (κ1) is 15.8. The largest absolute Gasteiger partial charge is 0.416 e. The Morgan fingerprint density at radius 2 is 2.24 bits per heavy atom. The fourth-order valence-corrected chi connectivity index (χ4v) is 2.12. The molecule has 0 saturated carbocycles. The molecule has 1 aromatic carbocycles. The maximum atomic E-state index is 12.7. The second kappa shape index (κ2) is 6.44. The van der Waals surface area contributed by atoms with E-state index in [0.717, 1.165) is 12.1 Å². The van der Waals surface area contributed by atoms with Crippen LogP contribution in [0.2, 0.25) is 0 Å². The Balaban J connectivity index is 2.02. The molecule has 0 radical (unpaired) electrons. The van der Waals surface area contributed by atoms with Gasteiger partial charge in [0.05, 0.1) is 24.8 Å². The summed E-state index contributed by atoms with van der Waals surface area (Å²) in [6.07, 6.45) is -4.39. The Bertz CT molecular complexity index is 499. The maximum Gasteiger partial charge on any atom is 0.416 e. The zero-order valence-corrected chi connectivity index (χ0v) is 11.5. The number of carbonyl (C=O) groups is 1. The summed E-state index contributed by atoms with van der Waals surface area (Å²) in [6.45, 7) is 3.04. The number of nitrogens with one attached hydrogen (secondary N) is 2. The lowest BCUT2D eigenvalue weighted by atomic mass is 10.0. The molecule has 1 saturated heterocycles. The molecule has 0 bridgehead atoms. The Morgan fingerprint density at radius 1 is 1.48 bits per heavy atom. The van der Waals surface area contributed by atoms with E-state index in [2.05, 4.69) is 10.6 Å². The van der Waals surface area contributed by atoms with Gasteiger partial charge in [0, 0.05) is 6.54 Å². The van der Waals surface area contributed by atoms with Crippen LogP contribution < -0.4 is 10.6 Å². The van der Waals surface area contributed by atoms with Crippen molar-refractivity contribution in [3.05, 3.63) is 35.4 Å². The van der Waals surface area contributed by atoms with Gasteiger partial charge in [-0.25, -0.2) is 0 Å². The van der Waals surface area contributed by atoms with Crippen molar-refractivity contribution in [2.24, 2.45) is 0 Å². The normalized spacial score (nSPS) is 20.9. The van der Waals surface area contributed by atoms with Crippen molar-refractivity contribution < 1.29 is 22.7 Å². The summed E-state index contributed by atoms with van der Waals surface area (Å²) >= 11 is 0. The minimum atomic E-state index is -4.39. The average molecular weight is 302 g/mol. The van der Waals surface area contributed by atoms with Crippen molar-refractivity contribution in [2.45, 2.75) is 25.2 Å². The Morgan fingerprint density at radius 3 is 2.86 bits per heavy atom. The van der Waals surface area contributed by atoms with E-state index >= 15 is 0 Å². The SMILES string of the molecule is CC(NC(=O)C1COCCN1)c1cccc(C(F)(F)F)c1. The van der Waals surface area contributed by atoms with Crippen LogP contribution in [0.3, 0.4) is 0 Å². The highest BCUT2D eigenvalue weighted by atomic mass is 19.4. The molecule has 7 heteroatoms. The van der Waals surface area contributed by atoms with Gasteiger partial charge < -0.3 is 15.4 Å². The standard InChI is InChI=1S/C14H17F3N2O2/c1-9(19-13(20)12-8-21-6-5-18-12)10-3-2-4-11(7-10)14(15,16)17/h2-4,7,9,12,18H,5-6,8H2,1H3,(H,19,20). The molecule has 1 aliphatic heterocycles. The van der Waals surface area contributed by atoms with Gasteiger partial charge in [-0.2, -0.15) is 13.2 Å². The van der Waals surface area contributed by atoms with Gasteiger partial charge in [-0.3, -0.25) is 4.79 Å². The van der Waals surface area contributed by atoms with Crippen LogP contribution in [-0.2, 0) is 15.7 Å². The second-order valence-corrected chi connectivity index (χ2v) is 4.94. The number of benzene rings is 1. The Labute approximate surface area is 120 Å². The van der Waals surface area contributed by atoms with Crippen molar-refractivity contribution in [3.63, 3.8) is 0 Å². The number of carbonyl (C=O) groups excluding carboxylic acids is 1. The highest BCUT2D eigenvalue weighted by Crippen LogP contribution is 2.30. The molecular weight excluding hydrogens is 285 g/mol. The van der Waals surface area contributed by atoms with Gasteiger partial charge in [0.15, 0.2) is 0 Å². The van der Waals surface area contributed by atoms with Crippen LogP contribution in [0.4, 0.5) is 13.2 Å². The fourth-order valence-electron chi connectivity index (χ4n) is 2.12. The molecule has 2 rings (SSSR count). The topological polar surface area (TPSA) is 50.4 Å². The van der Waals surface area contributed by atoms with E-state index in [-0.39, 0.29) is 12.5 Å². The molecule has 0 aliphatic carbocycles. The highest BCUT2D eigenvalue weighted by molar-refractivity contribution is 5.82. The third-order valence-corrected chi connectivity index (χ3v) is 3.31. The predicted octanol–water partition coefficient (Wildman–Crippen LogP) is 1.87. The molecule has 1 fully saturated rings. The molecule has 1 heterocycles. The number of morpholine rings is 1. The third kappa shape index (κ3) is 4.18. The average Bonchev–Trinajstić information content (AvgIpc) is 2.47. The minimum absolute atomic E-state index is 0.265. The number of halogens is 3. The summed E-state index contributed by atoms with van der Waals surface area (Å²) in [4.78, 5) is 12.0. The fraction of sp³-hybridized carbons (Fsp3) is 0.500. The first-order valence-electron chi connectivity index (χ1n) is 6.66. The van der Waals surface area contributed by atoms with Crippen molar-refractivity contribution in [2.75, 3.05) is 19.8 Å². The van der Waals surface area contributed by atoms with Gasteiger partial charge in [0.1, 0.15) is 6.04 Å². The Hall–Kier alpha value is -1.60. The number of rotatable bonds is 3. The molecule has 1 aromatic rings. The molecule has 4 nitrogen and oxygen atoms in total. The molecule has 1 aliphatic rings. The monoisotopic (exact) mass is 302 g/mol. The van der Waals surface area contributed by atoms with Crippen LogP contribution in [0, 0.1) is 0 Å². The first-order chi connectivity index (χ1) is 9.88. The van der Waals surface area contributed by atoms with Crippen LogP contribution in [0.5, 0.6) is 0 Å². The molecular formula is C14H17F3N2O2. The van der Waals surface area contributed by atoms with Gasteiger partial charge in [-0.05, 0) is 24.6 Å². The van der Waals surface area contributed by atoms with Crippen molar-refractivity contribution in [3.8, 4) is 0 Å². The van der Waals surface area contributed by atoms with E-state index in [1.54, 1.807) is 13.0 Å². The zero-order valence-electron chi connectivity index (χ0n) is 11.5. The Kier molecular flexibility index (Phi) is 4.84. The van der Waals surface area contributed by atoms with Crippen molar-refractivity contribution in [1.29, 1.82) is 0 Å².